The summed E-state index contributed by atoms with van der Waals surface area (Å²) in [5, 5.41) is 5.95. The maximum absolute atomic E-state index is 14.4. The molecule has 0 aromatic rings. The van der Waals surface area contributed by atoms with Crippen LogP contribution in [-0.2, 0) is 19.2 Å². The Kier molecular flexibility index (Phi) is 9.38. The summed E-state index contributed by atoms with van der Waals surface area (Å²) in [5.41, 5.74) is 5.22. The molecule has 10 heteroatoms. The van der Waals surface area contributed by atoms with Crippen molar-refractivity contribution in [3.63, 3.8) is 0 Å². The molecule has 0 radical (unpaired) electrons. The Morgan fingerprint density at radius 2 is 1.51 bits per heavy atom. The predicted octanol–water partition coefficient (Wildman–Crippen LogP) is 2.98. The van der Waals surface area contributed by atoms with E-state index in [1.807, 2.05) is 27.7 Å². The normalized spacial score (nSPS) is 27.0. The van der Waals surface area contributed by atoms with Gasteiger partial charge in [-0.3, -0.25) is 19.2 Å². The highest BCUT2D eigenvalue weighted by Crippen LogP contribution is 2.65. The topological polar surface area (TPSA) is 142 Å². The molecule has 5 atom stereocenters. The number of amides is 5. The van der Waals surface area contributed by atoms with E-state index in [0.29, 0.717) is 13.0 Å². The number of carbonyl (C=O) groups is 5. The molecule has 3 aliphatic carbocycles. The number of nitrogens with two attached hydrogens (primary N) is 1. The van der Waals surface area contributed by atoms with Crippen LogP contribution < -0.4 is 16.4 Å². The molecule has 0 bridgehead atoms. The van der Waals surface area contributed by atoms with E-state index in [-0.39, 0.29) is 53.1 Å². The molecule has 41 heavy (non-hydrogen) atoms. The average molecular weight is 574 g/mol. The van der Waals surface area contributed by atoms with E-state index in [1.54, 1.807) is 9.80 Å². The SMILES string of the molecule is CC(C)N(C(=O)NC(C(=O)N1CC2C([C@H]1C(=O)NC(CC1CCC1)C(=O)C(N)=O)C2(C)C)C1CCCCC1)C(C)C. The Bertz CT molecular complexity index is 1020. The monoisotopic (exact) mass is 573 g/mol. The van der Waals surface area contributed by atoms with Crippen LogP contribution in [0.4, 0.5) is 4.79 Å². The minimum absolute atomic E-state index is 0.00201. The number of nitrogens with zero attached hydrogens (tertiary/aromatic N) is 2. The molecule has 5 amide bonds. The summed E-state index contributed by atoms with van der Waals surface area (Å²) in [4.78, 5) is 69.7. The number of piperidine rings is 1. The van der Waals surface area contributed by atoms with E-state index < -0.39 is 35.7 Å². The van der Waals surface area contributed by atoms with Crippen molar-refractivity contribution < 1.29 is 24.0 Å². The number of fused-ring (bicyclic) bond motifs is 1. The van der Waals surface area contributed by atoms with Gasteiger partial charge in [0.2, 0.25) is 17.6 Å². The fourth-order valence-corrected chi connectivity index (χ4v) is 7.84. The fourth-order valence-electron chi connectivity index (χ4n) is 7.84. The Morgan fingerprint density at radius 3 is 2.02 bits per heavy atom. The number of primary amides is 1. The molecule has 0 aromatic heterocycles. The lowest BCUT2D eigenvalue weighted by Crippen LogP contribution is -2.61. The van der Waals surface area contributed by atoms with E-state index in [4.69, 9.17) is 5.73 Å². The maximum Gasteiger partial charge on any atom is 0.318 e. The lowest BCUT2D eigenvalue weighted by molar-refractivity contribution is -0.144. The molecule has 230 valence electrons. The van der Waals surface area contributed by atoms with Crippen molar-refractivity contribution in [3.05, 3.63) is 0 Å². The first kappa shape index (κ1) is 31.3. The number of rotatable bonds is 11. The highest BCUT2D eigenvalue weighted by atomic mass is 16.2. The van der Waals surface area contributed by atoms with Crippen LogP contribution in [0.15, 0.2) is 0 Å². The second kappa shape index (κ2) is 12.3. The summed E-state index contributed by atoms with van der Waals surface area (Å²) in [5.74, 6) is -2.10. The largest absolute Gasteiger partial charge is 0.363 e. The molecule has 4 rings (SSSR count). The van der Waals surface area contributed by atoms with E-state index in [1.165, 1.54) is 0 Å². The van der Waals surface area contributed by atoms with Gasteiger partial charge < -0.3 is 26.2 Å². The first-order valence-corrected chi connectivity index (χ1v) is 15.8. The predicted molar refractivity (Wildman–Crippen MR) is 155 cm³/mol. The lowest BCUT2D eigenvalue weighted by atomic mass is 9.80. The van der Waals surface area contributed by atoms with Crippen molar-refractivity contribution in [3.8, 4) is 0 Å². The molecule has 4 aliphatic rings. The molecule has 4 unspecified atom stereocenters. The van der Waals surface area contributed by atoms with Gasteiger partial charge in [-0.2, -0.15) is 0 Å². The van der Waals surface area contributed by atoms with E-state index in [2.05, 4.69) is 24.5 Å². The van der Waals surface area contributed by atoms with Crippen LogP contribution in [0.1, 0.15) is 99.3 Å². The van der Waals surface area contributed by atoms with Gasteiger partial charge in [0.05, 0.1) is 6.04 Å². The van der Waals surface area contributed by atoms with Crippen LogP contribution in [0.3, 0.4) is 0 Å². The Balaban J connectivity index is 1.58. The summed E-state index contributed by atoms with van der Waals surface area (Å²) in [6, 6.07) is -2.81. The molecule has 3 saturated carbocycles. The van der Waals surface area contributed by atoms with Gasteiger partial charge in [0.1, 0.15) is 12.1 Å². The molecule has 1 heterocycles. The quantitative estimate of drug-likeness (QED) is 0.326. The van der Waals surface area contributed by atoms with Gasteiger partial charge in [0, 0.05) is 18.6 Å². The fraction of sp³-hybridized carbons (Fsp3) is 0.839. The van der Waals surface area contributed by atoms with Gasteiger partial charge in [-0.1, -0.05) is 52.4 Å². The van der Waals surface area contributed by atoms with E-state index in [0.717, 1.165) is 51.4 Å². The number of hydrogen-bond donors (Lipinski definition) is 3. The number of ketones is 1. The highest BCUT2D eigenvalue weighted by Gasteiger charge is 2.69. The van der Waals surface area contributed by atoms with Crippen molar-refractivity contribution in [2.75, 3.05) is 6.54 Å². The van der Waals surface area contributed by atoms with E-state index >= 15 is 0 Å². The third-order valence-electron chi connectivity index (χ3n) is 10.4. The zero-order valence-electron chi connectivity index (χ0n) is 25.8. The molecule has 1 saturated heterocycles. The van der Waals surface area contributed by atoms with Crippen molar-refractivity contribution in [1.82, 2.24) is 20.4 Å². The van der Waals surface area contributed by atoms with Crippen molar-refractivity contribution in [2.24, 2.45) is 34.8 Å². The molecular formula is C31H51N5O5. The third-order valence-corrected chi connectivity index (χ3v) is 10.4. The van der Waals surface area contributed by atoms with Crippen molar-refractivity contribution in [2.45, 2.75) is 130 Å². The maximum atomic E-state index is 14.4. The number of Topliss-reactive ketones (excluding diaryl/α,β-unsaturated/α-hetero) is 1. The van der Waals surface area contributed by atoms with Crippen LogP contribution in [0.25, 0.3) is 0 Å². The molecule has 4 fully saturated rings. The zero-order valence-corrected chi connectivity index (χ0v) is 25.8. The Morgan fingerprint density at radius 1 is 0.902 bits per heavy atom. The van der Waals surface area contributed by atoms with Crippen LogP contribution in [-0.4, -0.2) is 76.1 Å². The first-order chi connectivity index (χ1) is 19.2. The van der Waals surface area contributed by atoms with Gasteiger partial charge in [0.25, 0.3) is 5.91 Å². The van der Waals surface area contributed by atoms with Gasteiger partial charge in [0.15, 0.2) is 0 Å². The molecular weight excluding hydrogens is 522 g/mol. The molecule has 0 aromatic carbocycles. The summed E-state index contributed by atoms with van der Waals surface area (Å²) >= 11 is 0. The summed E-state index contributed by atoms with van der Waals surface area (Å²) in [6.07, 6.45) is 8.17. The first-order valence-electron chi connectivity index (χ1n) is 15.8. The van der Waals surface area contributed by atoms with E-state index in [9.17, 15) is 24.0 Å². The Hall–Kier alpha value is -2.65. The van der Waals surface area contributed by atoms with Crippen molar-refractivity contribution >= 4 is 29.5 Å². The molecule has 10 nitrogen and oxygen atoms in total. The minimum atomic E-state index is -1.06. The van der Waals surface area contributed by atoms with Crippen LogP contribution in [0.2, 0.25) is 0 Å². The number of hydrogen-bond acceptors (Lipinski definition) is 5. The van der Waals surface area contributed by atoms with Gasteiger partial charge in [-0.25, -0.2) is 4.79 Å². The number of carbonyl (C=O) groups excluding carboxylic acids is 5. The Labute approximate surface area is 244 Å². The molecule has 4 N–H and O–H groups in total. The lowest BCUT2D eigenvalue weighted by Gasteiger charge is -2.39. The van der Waals surface area contributed by atoms with Crippen LogP contribution in [0, 0.1) is 29.1 Å². The highest BCUT2D eigenvalue weighted by molar-refractivity contribution is 6.37. The van der Waals surface area contributed by atoms with Crippen LogP contribution in [0.5, 0.6) is 0 Å². The number of likely N-dealkylation sites (tertiary alicyclic amines) is 1. The summed E-state index contributed by atoms with van der Waals surface area (Å²) in [6.45, 7) is 12.5. The number of urea groups is 1. The van der Waals surface area contributed by atoms with Gasteiger partial charge in [-0.05, 0) is 76.0 Å². The second-order valence-electron chi connectivity index (χ2n) is 14.1. The molecule has 0 spiro atoms. The zero-order chi connectivity index (χ0) is 30.2. The smallest absolute Gasteiger partial charge is 0.318 e. The van der Waals surface area contributed by atoms with Crippen molar-refractivity contribution in [1.29, 1.82) is 0 Å². The average Bonchev–Trinajstić information content (AvgIpc) is 3.20. The minimum Gasteiger partial charge on any atom is -0.363 e. The summed E-state index contributed by atoms with van der Waals surface area (Å²) in [7, 11) is 0. The van der Waals surface area contributed by atoms with Gasteiger partial charge in [-0.15, -0.1) is 0 Å². The van der Waals surface area contributed by atoms with Crippen LogP contribution >= 0.6 is 0 Å². The number of nitrogens with one attached hydrogen (secondary N) is 2. The standard InChI is InChI=1S/C31H51N5O5/c1-17(2)36(18(3)4)30(41)34-24(20-13-8-7-9-14-20)29(40)35-16-21-23(31(21,5)6)25(35)28(39)33-22(26(37)27(32)38)15-19-11-10-12-19/h17-25H,7-16H2,1-6H3,(H2,32,38)(H,33,39)(H,34,41)/t21?,22?,23?,24?,25-/m0/s1. The van der Waals surface area contributed by atoms with Gasteiger partial charge >= 0.3 is 6.03 Å². The molecule has 1 aliphatic heterocycles. The summed E-state index contributed by atoms with van der Waals surface area (Å²) < 4.78 is 0. The third kappa shape index (κ3) is 6.41. The second-order valence-corrected chi connectivity index (χ2v) is 14.1.